The third-order valence-electron chi connectivity index (χ3n) is 3.90. The smallest absolute Gasteiger partial charge is 0.322 e. The molecule has 0 aliphatic heterocycles. The van der Waals surface area contributed by atoms with E-state index in [1.54, 1.807) is 20.4 Å². The molecule has 11 heteroatoms. The van der Waals surface area contributed by atoms with Crippen LogP contribution in [0.4, 0.5) is 0 Å². The molecule has 0 saturated carbocycles. The Bertz CT molecular complexity index is 893. The minimum Gasteiger partial charge on any atom is -0.609 e. The van der Waals surface area contributed by atoms with Crippen molar-refractivity contribution in [2.45, 2.75) is 24.8 Å². The highest BCUT2D eigenvalue weighted by Gasteiger charge is 2.21. The maximum Gasteiger partial charge on any atom is 0.322 e. The van der Waals surface area contributed by atoms with Crippen LogP contribution in [0.1, 0.15) is 16.8 Å². The van der Waals surface area contributed by atoms with E-state index in [0.29, 0.717) is 10.9 Å². The SMILES string of the molecule is COc1ccc2[nH]c([S+]([O-])Cc3ncc(C)c(OC)c3C)nc2c1.O.O.O.[MgH2]. The van der Waals surface area contributed by atoms with Crippen molar-refractivity contribution in [3.8, 4) is 11.5 Å². The van der Waals surface area contributed by atoms with Crippen LogP contribution < -0.4 is 9.47 Å². The molecule has 1 aromatic carbocycles. The van der Waals surface area contributed by atoms with Gasteiger partial charge in [-0.1, -0.05) is 0 Å². The molecule has 0 saturated heterocycles. The molecular formula is C17H27MgN3O6S. The predicted octanol–water partition coefficient (Wildman–Crippen LogP) is -0.491. The second-order valence-electron chi connectivity index (χ2n) is 5.46. The van der Waals surface area contributed by atoms with Crippen molar-refractivity contribution < 1.29 is 30.5 Å². The van der Waals surface area contributed by atoms with Crippen LogP contribution in [0.15, 0.2) is 29.6 Å². The molecular weight excluding hydrogens is 399 g/mol. The molecule has 2 aromatic heterocycles. The topological polar surface area (TPSA) is 178 Å². The molecule has 3 aromatic rings. The number of nitrogens with zero attached hydrogens (tertiary/aromatic N) is 2. The Labute approximate surface area is 182 Å². The standard InChI is InChI=1S/C17H19N3O3S.Mg.3H2O.2H/c1-10-8-18-15(11(2)16(10)23-4)9-24(21)17-19-13-6-5-12(22-3)7-14(13)20-17;;;;;;/h5-8H,9H2,1-4H3,(H,19,20);;3*1H2;;. The molecule has 28 heavy (non-hydrogen) atoms. The van der Waals surface area contributed by atoms with Crippen LogP contribution in [-0.4, -0.2) is 73.2 Å². The average molecular weight is 426 g/mol. The highest BCUT2D eigenvalue weighted by atomic mass is 32.2. The first-order chi connectivity index (χ1) is 11.5. The number of H-pyrrole nitrogens is 1. The first-order valence-corrected chi connectivity index (χ1v) is 8.76. The van der Waals surface area contributed by atoms with Crippen molar-refractivity contribution in [3.63, 3.8) is 0 Å². The Kier molecular flexibility index (Phi) is 12.3. The van der Waals surface area contributed by atoms with Gasteiger partial charge in [0.1, 0.15) is 11.5 Å². The highest BCUT2D eigenvalue weighted by Crippen LogP contribution is 2.27. The van der Waals surface area contributed by atoms with Gasteiger partial charge in [0.25, 0.3) is 0 Å². The zero-order chi connectivity index (χ0) is 17.3. The van der Waals surface area contributed by atoms with Gasteiger partial charge in [-0.25, -0.2) is 0 Å². The Hall–Kier alpha value is -1.60. The maximum atomic E-state index is 12.7. The predicted molar refractivity (Wildman–Crippen MR) is 112 cm³/mol. The summed E-state index contributed by atoms with van der Waals surface area (Å²) in [4.78, 5) is 11.9. The van der Waals surface area contributed by atoms with E-state index in [2.05, 4.69) is 15.0 Å². The number of aromatic nitrogens is 3. The summed E-state index contributed by atoms with van der Waals surface area (Å²) in [6.07, 6.45) is 1.74. The molecule has 0 aliphatic rings. The molecule has 2 heterocycles. The van der Waals surface area contributed by atoms with E-state index in [0.717, 1.165) is 33.6 Å². The lowest BCUT2D eigenvalue weighted by molar-refractivity contribution is 0.407. The van der Waals surface area contributed by atoms with Gasteiger partial charge in [-0.15, -0.1) is 0 Å². The van der Waals surface area contributed by atoms with Crippen molar-refractivity contribution in [2.75, 3.05) is 14.2 Å². The van der Waals surface area contributed by atoms with Crippen LogP contribution in [0.5, 0.6) is 11.5 Å². The molecule has 0 fully saturated rings. The van der Waals surface area contributed by atoms with Gasteiger partial charge in [0.05, 0.1) is 30.9 Å². The number of hydrogen-bond donors (Lipinski definition) is 1. The van der Waals surface area contributed by atoms with Crippen molar-refractivity contribution in [2.24, 2.45) is 0 Å². The maximum absolute atomic E-state index is 12.7. The summed E-state index contributed by atoms with van der Waals surface area (Å²) in [6, 6.07) is 5.51. The van der Waals surface area contributed by atoms with Crippen LogP contribution in [-0.2, 0) is 16.9 Å². The number of aryl methyl sites for hydroxylation is 1. The summed E-state index contributed by atoms with van der Waals surface area (Å²) in [5.74, 6) is 1.78. The van der Waals surface area contributed by atoms with Gasteiger partial charge in [0.2, 0.25) is 0 Å². The summed E-state index contributed by atoms with van der Waals surface area (Å²) in [5.41, 5.74) is 4.16. The lowest BCUT2D eigenvalue weighted by Gasteiger charge is -2.13. The average Bonchev–Trinajstić information content (AvgIpc) is 3.01. The summed E-state index contributed by atoms with van der Waals surface area (Å²) in [7, 11) is 3.23. The van der Waals surface area contributed by atoms with E-state index in [1.807, 2.05) is 32.0 Å². The van der Waals surface area contributed by atoms with E-state index in [-0.39, 0.29) is 45.2 Å². The van der Waals surface area contributed by atoms with Crippen LogP contribution in [0, 0.1) is 13.8 Å². The highest BCUT2D eigenvalue weighted by molar-refractivity contribution is 7.90. The number of rotatable bonds is 5. The lowest BCUT2D eigenvalue weighted by Crippen LogP contribution is -2.10. The molecule has 0 amide bonds. The lowest BCUT2D eigenvalue weighted by atomic mass is 10.1. The molecule has 9 nitrogen and oxygen atoms in total. The van der Waals surface area contributed by atoms with Crippen molar-refractivity contribution in [3.05, 3.63) is 41.2 Å². The van der Waals surface area contributed by atoms with Gasteiger partial charge >= 0.3 is 28.2 Å². The third-order valence-corrected chi connectivity index (χ3v) is 5.06. The fourth-order valence-electron chi connectivity index (χ4n) is 2.61. The van der Waals surface area contributed by atoms with Gasteiger partial charge in [-0.3, -0.25) is 9.97 Å². The number of benzene rings is 1. The largest absolute Gasteiger partial charge is 0.609 e. The molecule has 0 bridgehead atoms. The summed E-state index contributed by atoms with van der Waals surface area (Å²) >= 11 is -1.33. The number of hydrogen-bond acceptors (Lipinski definition) is 5. The number of fused-ring (bicyclic) bond motifs is 1. The second kappa shape index (κ2) is 12.1. The van der Waals surface area contributed by atoms with Crippen molar-refractivity contribution in [1.82, 2.24) is 15.0 Å². The number of aromatic amines is 1. The monoisotopic (exact) mass is 425 g/mol. The summed E-state index contributed by atoms with van der Waals surface area (Å²) in [6.45, 7) is 3.86. The van der Waals surface area contributed by atoms with E-state index >= 15 is 0 Å². The van der Waals surface area contributed by atoms with Crippen LogP contribution in [0.25, 0.3) is 11.0 Å². The second-order valence-corrected chi connectivity index (χ2v) is 6.83. The van der Waals surface area contributed by atoms with Gasteiger partial charge < -0.3 is 30.5 Å². The first-order valence-electron chi connectivity index (χ1n) is 7.44. The molecule has 0 radical (unpaired) electrons. The molecule has 0 spiro atoms. The van der Waals surface area contributed by atoms with Gasteiger partial charge in [0, 0.05) is 34.6 Å². The molecule has 0 aliphatic carbocycles. The van der Waals surface area contributed by atoms with E-state index in [1.165, 1.54) is 0 Å². The molecule has 7 N–H and O–H groups in total. The van der Waals surface area contributed by atoms with E-state index in [4.69, 9.17) is 9.47 Å². The van der Waals surface area contributed by atoms with Crippen LogP contribution >= 0.6 is 0 Å². The Morgan fingerprint density at radius 2 is 1.79 bits per heavy atom. The third kappa shape index (κ3) is 5.70. The molecule has 3 rings (SSSR count). The van der Waals surface area contributed by atoms with E-state index in [9.17, 15) is 4.55 Å². The zero-order valence-electron chi connectivity index (χ0n) is 15.5. The normalized spacial score (nSPS) is 10.6. The van der Waals surface area contributed by atoms with Crippen molar-refractivity contribution in [1.29, 1.82) is 0 Å². The van der Waals surface area contributed by atoms with Crippen LogP contribution in [0.2, 0.25) is 0 Å². The molecule has 1 atom stereocenters. The molecule has 154 valence electrons. The zero-order valence-corrected chi connectivity index (χ0v) is 16.4. The van der Waals surface area contributed by atoms with Crippen molar-refractivity contribution >= 4 is 45.3 Å². The quantitative estimate of drug-likeness (QED) is 0.427. The molecule has 1 unspecified atom stereocenters. The first kappa shape index (κ1) is 28.6. The number of ether oxygens (including phenoxy) is 2. The minimum absolute atomic E-state index is 0. The number of methoxy groups -OCH3 is 2. The summed E-state index contributed by atoms with van der Waals surface area (Å²) < 4.78 is 23.3. The number of nitrogens with one attached hydrogen (secondary N) is 1. The Morgan fingerprint density at radius 3 is 2.39 bits per heavy atom. The van der Waals surface area contributed by atoms with Gasteiger partial charge in [-0.2, -0.15) is 4.98 Å². The minimum atomic E-state index is -1.33. The number of pyridine rings is 1. The van der Waals surface area contributed by atoms with Crippen LogP contribution in [0.3, 0.4) is 0 Å². The Balaban J connectivity index is 0. The van der Waals surface area contributed by atoms with Gasteiger partial charge in [0.15, 0.2) is 5.75 Å². The fourth-order valence-corrected chi connectivity index (χ4v) is 3.71. The van der Waals surface area contributed by atoms with E-state index < -0.39 is 11.2 Å². The Morgan fingerprint density at radius 1 is 1.11 bits per heavy atom. The fraction of sp³-hybridized carbons (Fsp3) is 0.294. The van der Waals surface area contributed by atoms with Gasteiger partial charge in [-0.05, 0) is 26.0 Å². The number of imidazole rings is 1. The summed E-state index contributed by atoms with van der Waals surface area (Å²) in [5, 5.41) is 0.430.